The zero-order valence-electron chi connectivity index (χ0n) is 10.9. The van der Waals surface area contributed by atoms with Crippen LogP contribution in [-0.2, 0) is 0 Å². The van der Waals surface area contributed by atoms with Gasteiger partial charge in [0.1, 0.15) is 5.82 Å². The van der Waals surface area contributed by atoms with Crippen LogP contribution in [0.5, 0.6) is 0 Å². The predicted octanol–water partition coefficient (Wildman–Crippen LogP) is 2.86. The summed E-state index contributed by atoms with van der Waals surface area (Å²) in [6, 6.07) is 9.90. The van der Waals surface area contributed by atoms with Crippen molar-refractivity contribution in [2.24, 2.45) is 5.84 Å². The van der Waals surface area contributed by atoms with Gasteiger partial charge < -0.3 is 5.43 Å². The van der Waals surface area contributed by atoms with Gasteiger partial charge in [0.25, 0.3) is 0 Å². The van der Waals surface area contributed by atoms with Crippen molar-refractivity contribution in [2.75, 3.05) is 5.43 Å². The van der Waals surface area contributed by atoms with Gasteiger partial charge >= 0.3 is 0 Å². The van der Waals surface area contributed by atoms with Crippen molar-refractivity contribution in [2.45, 2.75) is 26.7 Å². The summed E-state index contributed by atoms with van der Waals surface area (Å²) in [4.78, 5) is 9.06. The van der Waals surface area contributed by atoms with Crippen molar-refractivity contribution in [3.05, 3.63) is 41.6 Å². The average molecular weight is 242 g/mol. The molecule has 0 aliphatic rings. The predicted molar refractivity (Wildman–Crippen MR) is 74.1 cm³/mol. The van der Waals surface area contributed by atoms with E-state index in [0.29, 0.717) is 17.6 Å². The molecule has 4 heteroatoms. The van der Waals surface area contributed by atoms with Crippen molar-refractivity contribution < 1.29 is 0 Å². The van der Waals surface area contributed by atoms with Gasteiger partial charge in [0, 0.05) is 16.8 Å². The minimum Gasteiger partial charge on any atom is -0.308 e. The number of anilines is 1. The van der Waals surface area contributed by atoms with Gasteiger partial charge in [0.05, 0.1) is 0 Å². The summed E-state index contributed by atoms with van der Waals surface area (Å²) in [6.07, 6.45) is 0. The molecular formula is C14H18N4. The standard InChI is InChI=1S/C14H18N4/c1-9(2)12-10(3)16-13(17-14(12)18-15)11-7-5-4-6-8-11/h4-9H,15H2,1-3H3,(H,16,17,18). The zero-order chi connectivity index (χ0) is 13.1. The molecular weight excluding hydrogens is 224 g/mol. The first-order chi connectivity index (χ1) is 8.63. The highest BCUT2D eigenvalue weighted by Gasteiger charge is 2.14. The van der Waals surface area contributed by atoms with Crippen molar-refractivity contribution in [3.63, 3.8) is 0 Å². The third-order valence-corrected chi connectivity index (χ3v) is 2.88. The summed E-state index contributed by atoms with van der Waals surface area (Å²) in [5.74, 6) is 7.30. The molecule has 0 bridgehead atoms. The van der Waals surface area contributed by atoms with Crippen LogP contribution >= 0.6 is 0 Å². The molecule has 0 aliphatic heterocycles. The zero-order valence-corrected chi connectivity index (χ0v) is 10.9. The molecule has 94 valence electrons. The Morgan fingerprint density at radius 2 is 1.78 bits per heavy atom. The van der Waals surface area contributed by atoms with E-state index in [1.807, 2.05) is 37.3 Å². The van der Waals surface area contributed by atoms with Crippen molar-refractivity contribution >= 4 is 5.82 Å². The normalized spacial score (nSPS) is 10.7. The molecule has 18 heavy (non-hydrogen) atoms. The maximum Gasteiger partial charge on any atom is 0.161 e. The van der Waals surface area contributed by atoms with E-state index < -0.39 is 0 Å². The topological polar surface area (TPSA) is 63.8 Å². The van der Waals surface area contributed by atoms with E-state index in [1.165, 1.54) is 0 Å². The second-order valence-corrected chi connectivity index (χ2v) is 4.56. The lowest BCUT2D eigenvalue weighted by Gasteiger charge is -2.15. The molecule has 1 aromatic carbocycles. The van der Waals surface area contributed by atoms with Gasteiger partial charge in [0.2, 0.25) is 0 Å². The number of nitrogens with zero attached hydrogens (tertiary/aromatic N) is 2. The molecule has 1 heterocycles. The molecule has 0 saturated heterocycles. The smallest absolute Gasteiger partial charge is 0.161 e. The summed E-state index contributed by atoms with van der Waals surface area (Å²) >= 11 is 0. The Bertz CT molecular complexity index is 535. The van der Waals surface area contributed by atoms with Crippen molar-refractivity contribution in [1.29, 1.82) is 0 Å². The van der Waals surface area contributed by atoms with E-state index in [4.69, 9.17) is 5.84 Å². The lowest BCUT2D eigenvalue weighted by molar-refractivity contribution is 0.832. The van der Waals surface area contributed by atoms with Crippen LogP contribution in [0.2, 0.25) is 0 Å². The maximum atomic E-state index is 5.56. The largest absolute Gasteiger partial charge is 0.308 e. The fourth-order valence-electron chi connectivity index (χ4n) is 2.10. The van der Waals surface area contributed by atoms with Gasteiger partial charge in [-0.25, -0.2) is 15.8 Å². The summed E-state index contributed by atoms with van der Waals surface area (Å²) in [5.41, 5.74) is 5.70. The number of hydrazine groups is 1. The Balaban J connectivity index is 2.56. The molecule has 0 unspecified atom stereocenters. The lowest BCUT2D eigenvalue weighted by atomic mass is 10.0. The second kappa shape index (κ2) is 5.14. The van der Waals surface area contributed by atoms with Crippen LogP contribution in [0.25, 0.3) is 11.4 Å². The highest BCUT2D eigenvalue weighted by molar-refractivity contribution is 5.60. The van der Waals surface area contributed by atoms with Crippen LogP contribution < -0.4 is 11.3 Å². The molecule has 0 saturated carbocycles. The van der Waals surface area contributed by atoms with E-state index in [0.717, 1.165) is 16.8 Å². The van der Waals surface area contributed by atoms with E-state index in [9.17, 15) is 0 Å². The Morgan fingerprint density at radius 3 is 2.33 bits per heavy atom. The molecule has 0 radical (unpaired) electrons. The average Bonchev–Trinajstić information content (AvgIpc) is 2.38. The van der Waals surface area contributed by atoms with Gasteiger partial charge in [0.15, 0.2) is 5.82 Å². The Hall–Kier alpha value is -1.94. The number of hydrogen-bond acceptors (Lipinski definition) is 4. The number of hydrogen-bond donors (Lipinski definition) is 2. The summed E-state index contributed by atoms with van der Waals surface area (Å²) in [7, 11) is 0. The fraction of sp³-hybridized carbons (Fsp3) is 0.286. The molecule has 2 rings (SSSR count). The second-order valence-electron chi connectivity index (χ2n) is 4.56. The Morgan fingerprint density at radius 1 is 1.11 bits per heavy atom. The van der Waals surface area contributed by atoms with Crippen molar-refractivity contribution in [3.8, 4) is 11.4 Å². The molecule has 3 N–H and O–H groups in total. The molecule has 4 nitrogen and oxygen atoms in total. The highest BCUT2D eigenvalue weighted by Crippen LogP contribution is 2.27. The first-order valence-electron chi connectivity index (χ1n) is 6.04. The first-order valence-corrected chi connectivity index (χ1v) is 6.04. The number of nitrogens with one attached hydrogen (secondary N) is 1. The molecule has 0 atom stereocenters. The summed E-state index contributed by atoms with van der Waals surface area (Å²) in [6.45, 7) is 6.20. The van der Waals surface area contributed by atoms with Gasteiger partial charge in [-0.15, -0.1) is 0 Å². The molecule has 0 amide bonds. The van der Waals surface area contributed by atoms with Crippen LogP contribution in [0.4, 0.5) is 5.82 Å². The molecule has 0 spiro atoms. The van der Waals surface area contributed by atoms with Crippen molar-refractivity contribution in [1.82, 2.24) is 9.97 Å². The van der Waals surface area contributed by atoms with Gasteiger partial charge in [-0.05, 0) is 12.8 Å². The van der Waals surface area contributed by atoms with Crippen LogP contribution in [0.3, 0.4) is 0 Å². The van der Waals surface area contributed by atoms with E-state index in [2.05, 4.69) is 29.2 Å². The summed E-state index contributed by atoms with van der Waals surface area (Å²) < 4.78 is 0. The third kappa shape index (κ3) is 2.33. The Kier molecular flexibility index (Phi) is 3.58. The molecule has 0 aliphatic carbocycles. The maximum absolute atomic E-state index is 5.56. The van der Waals surface area contributed by atoms with E-state index in [1.54, 1.807) is 0 Å². The number of aryl methyl sites for hydroxylation is 1. The minimum atomic E-state index is 0.334. The van der Waals surface area contributed by atoms with Gasteiger partial charge in [-0.2, -0.15) is 0 Å². The minimum absolute atomic E-state index is 0.334. The van der Waals surface area contributed by atoms with Crippen LogP contribution in [0.15, 0.2) is 30.3 Å². The Labute approximate surface area is 107 Å². The quantitative estimate of drug-likeness (QED) is 0.641. The lowest BCUT2D eigenvalue weighted by Crippen LogP contribution is -2.14. The van der Waals surface area contributed by atoms with Crippen LogP contribution in [0.1, 0.15) is 31.0 Å². The monoisotopic (exact) mass is 242 g/mol. The number of benzene rings is 1. The summed E-state index contributed by atoms with van der Waals surface area (Å²) in [5, 5.41) is 0. The number of rotatable bonds is 3. The molecule has 2 aromatic rings. The van der Waals surface area contributed by atoms with E-state index in [-0.39, 0.29) is 0 Å². The van der Waals surface area contributed by atoms with Gasteiger partial charge in [-0.1, -0.05) is 44.2 Å². The first kappa shape index (κ1) is 12.5. The van der Waals surface area contributed by atoms with E-state index >= 15 is 0 Å². The third-order valence-electron chi connectivity index (χ3n) is 2.88. The van der Waals surface area contributed by atoms with Gasteiger partial charge in [-0.3, -0.25) is 0 Å². The number of nitrogens with two attached hydrogens (primary N) is 1. The van der Waals surface area contributed by atoms with Crippen LogP contribution in [-0.4, -0.2) is 9.97 Å². The highest BCUT2D eigenvalue weighted by atomic mass is 15.3. The van der Waals surface area contributed by atoms with Crippen LogP contribution in [0, 0.1) is 6.92 Å². The molecule has 1 aromatic heterocycles. The molecule has 0 fully saturated rings. The fourth-order valence-corrected chi connectivity index (χ4v) is 2.10. The SMILES string of the molecule is Cc1nc(-c2ccccc2)nc(NN)c1C(C)C. The number of nitrogen functional groups attached to an aromatic ring is 1. The number of aromatic nitrogens is 2.